The maximum atomic E-state index is 14.2. The van der Waals surface area contributed by atoms with Gasteiger partial charge in [0.25, 0.3) is 0 Å². The molecule has 2 amide bonds. The number of methoxy groups -OCH3 is 1. The highest BCUT2D eigenvalue weighted by atomic mass is 16.6. The lowest BCUT2D eigenvalue weighted by molar-refractivity contribution is -0.141. The molecule has 43 heavy (non-hydrogen) atoms. The van der Waals surface area contributed by atoms with E-state index in [-0.39, 0.29) is 24.2 Å². The van der Waals surface area contributed by atoms with Gasteiger partial charge in [-0.15, -0.1) is 0 Å². The zero-order valence-corrected chi connectivity index (χ0v) is 26.6. The zero-order valence-electron chi connectivity index (χ0n) is 26.6. The van der Waals surface area contributed by atoms with Crippen LogP contribution in [-0.4, -0.2) is 70.1 Å². The van der Waals surface area contributed by atoms with Gasteiger partial charge in [0.2, 0.25) is 11.8 Å². The average molecular weight is 595 g/mol. The minimum atomic E-state index is -0.888. The number of fused-ring (bicyclic) bond motifs is 5. The van der Waals surface area contributed by atoms with Gasteiger partial charge in [-0.05, 0) is 63.5 Å². The third-order valence-electron chi connectivity index (χ3n) is 9.46. The van der Waals surface area contributed by atoms with Gasteiger partial charge < -0.3 is 24.4 Å². The molecule has 10 heteroatoms. The van der Waals surface area contributed by atoms with Crippen LogP contribution in [0.25, 0.3) is 11.0 Å². The van der Waals surface area contributed by atoms with Crippen LogP contribution in [0.1, 0.15) is 85.8 Å². The fourth-order valence-corrected chi connectivity index (χ4v) is 6.81. The minimum absolute atomic E-state index is 0.115. The number of aryl methyl sites for hydroxylation is 1. The number of alkyl carbamates (subject to hydrolysis) is 1. The zero-order chi connectivity index (χ0) is 31.1. The molecule has 0 spiro atoms. The number of hydrogen-bond acceptors (Lipinski definition) is 8. The molecule has 2 aliphatic heterocycles. The Morgan fingerprint density at radius 1 is 1.16 bits per heavy atom. The van der Waals surface area contributed by atoms with Crippen molar-refractivity contribution in [1.82, 2.24) is 20.2 Å². The number of amides is 2. The van der Waals surface area contributed by atoms with Crippen molar-refractivity contribution in [2.45, 2.75) is 110 Å². The number of benzene rings is 1. The van der Waals surface area contributed by atoms with Crippen molar-refractivity contribution in [3.05, 3.63) is 23.9 Å². The van der Waals surface area contributed by atoms with Crippen LogP contribution in [0, 0.1) is 17.3 Å². The lowest BCUT2D eigenvalue weighted by atomic mass is 9.85. The Bertz CT molecular complexity index is 1390. The predicted octanol–water partition coefficient (Wildman–Crippen LogP) is 5.25. The first-order chi connectivity index (χ1) is 20.3. The van der Waals surface area contributed by atoms with Gasteiger partial charge in [0.1, 0.15) is 29.2 Å². The van der Waals surface area contributed by atoms with E-state index in [4.69, 9.17) is 24.2 Å². The first-order valence-corrected chi connectivity index (χ1v) is 15.7. The van der Waals surface area contributed by atoms with Crippen LogP contribution in [0.3, 0.4) is 0 Å². The average Bonchev–Trinajstić information content (AvgIpc) is 3.41. The summed E-state index contributed by atoms with van der Waals surface area (Å²) in [5.41, 5.74) is 1.04. The van der Waals surface area contributed by atoms with Gasteiger partial charge in [-0.1, -0.05) is 40.5 Å². The van der Waals surface area contributed by atoms with Gasteiger partial charge >= 0.3 is 6.09 Å². The lowest BCUT2D eigenvalue weighted by Crippen LogP contribution is -2.57. The summed E-state index contributed by atoms with van der Waals surface area (Å²) in [6, 6.07) is 4.03. The van der Waals surface area contributed by atoms with Gasteiger partial charge in [-0.3, -0.25) is 9.59 Å². The Morgan fingerprint density at radius 2 is 1.93 bits per heavy atom. The van der Waals surface area contributed by atoms with Crippen molar-refractivity contribution in [1.29, 1.82) is 0 Å². The highest BCUT2D eigenvalue weighted by Gasteiger charge is 2.54. The standard InChI is InChI=1S/C33H46N4O6/c1-8-22-26-18-37(27(22)19(2)38)30(39)28(32(3,4)5)36-31(40)43-33(6)17-20(33)12-10-9-11-13-24-29(42-26)35-25-16-21(41-7)14-15-23(25)34-24/h14-16,20,22,26-28H,8-13,17-18H2,1-7H3,(H,36,40)/t20-,22-,26+,27-,28-,33-/m1/s1. The molecule has 1 aromatic heterocycles. The monoisotopic (exact) mass is 594 g/mol. The second kappa shape index (κ2) is 11.9. The maximum Gasteiger partial charge on any atom is 0.408 e. The molecule has 5 rings (SSSR count). The summed E-state index contributed by atoms with van der Waals surface area (Å²) in [5.74, 6) is 0.720. The third-order valence-corrected chi connectivity index (χ3v) is 9.46. The summed E-state index contributed by atoms with van der Waals surface area (Å²) in [7, 11) is 1.61. The Balaban J connectivity index is 1.54. The molecule has 2 fully saturated rings. The number of hydrogen-bond donors (Lipinski definition) is 1. The molecule has 6 atom stereocenters. The van der Waals surface area contributed by atoms with Crippen LogP contribution >= 0.6 is 0 Å². The van der Waals surface area contributed by atoms with Crippen LogP contribution in [-0.2, 0) is 20.7 Å². The van der Waals surface area contributed by atoms with Gasteiger partial charge in [-0.25, -0.2) is 14.8 Å². The van der Waals surface area contributed by atoms with Crippen LogP contribution in [0.5, 0.6) is 11.6 Å². The van der Waals surface area contributed by atoms with Crippen LogP contribution in [0.2, 0.25) is 0 Å². The van der Waals surface area contributed by atoms with Crippen molar-refractivity contribution in [2.75, 3.05) is 13.7 Å². The second-order valence-electron chi connectivity index (χ2n) is 13.8. The van der Waals surface area contributed by atoms with Crippen molar-refractivity contribution in [2.24, 2.45) is 17.3 Å². The number of rotatable bonds is 3. The van der Waals surface area contributed by atoms with E-state index >= 15 is 0 Å². The Hall–Kier alpha value is -3.43. The van der Waals surface area contributed by atoms with Gasteiger partial charge in [0, 0.05) is 17.9 Å². The van der Waals surface area contributed by atoms with Crippen LogP contribution < -0.4 is 14.8 Å². The van der Waals surface area contributed by atoms with Crippen LogP contribution in [0.15, 0.2) is 18.2 Å². The smallest absolute Gasteiger partial charge is 0.408 e. The molecule has 1 N–H and O–H groups in total. The molecule has 0 unspecified atom stereocenters. The van der Waals surface area contributed by atoms with Gasteiger partial charge in [-0.2, -0.15) is 0 Å². The quantitative estimate of drug-likeness (QED) is 0.512. The molecule has 0 radical (unpaired) electrons. The number of ketones is 1. The molecule has 1 aliphatic carbocycles. The van der Waals surface area contributed by atoms with Crippen LogP contribution in [0.4, 0.5) is 4.79 Å². The maximum absolute atomic E-state index is 14.2. The minimum Gasteiger partial charge on any atom is -0.497 e. The predicted molar refractivity (Wildman–Crippen MR) is 162 cm³/mol. The third kappa shape index (κ3) is 6.43. The number of aromatic nitrogens is 2. The highest BCUT2D eigenvalue weighted by Crippen LogP contribution is 2.49. The number of nitrogens with zero attached hydrogens (tertiary/aromatic N) is 3. The van der Waals surface area contributed by atoms with E-state index in [1.807, 2.05) is 52.8 Å². The number of ether oxygens (including phenoxy) is 3. The number of carbonyl (C=O) groups is 3. The molecule has 2 aromatic rings. The van der Waals surface area contributed by atoms with E-state index in [1.165, 1.54) is 6.92 Å². The first kappa shape index (κ1) is 31.0. The lowest BCUT2D eigenvalue weighted by Gasteiger charge is -2.35. The van der Waals surface area contributed by atoms with E-state index in [9.17, 15) is 14.4 Å². The molecule has 10 nitrogen and oxygen atoms in total. The van der Waals surface area contributed by atoms with Gasteiger partial charge in [0.15, 0.2) is 5.78 Å². The fraction of sp³-hybridized carbons (Fsp3) is 0.667. The van der Waals surface area contributed by atoms with E-state index in [0.29, 0.717) is 35.9 Å². The first-order valence-electron chi connectivity index (χ1n) is 15.7. The van der Waals surface area contributed by atoms with Crippen molar-refractivity contribution in [3.8, 4) is 11.6 Å². The summed E-state index contributed by atoms with van der Waals surface area (Å²) in [4.78, 5) is 51.9. The molecule has 3 aliphatic rings. The molecule has 3 heterocycles. The summed E-state index contributed by atoms with van der Waals surface area (Å²) in [5, 5.41) is 2.88. The topological polar surface area (TPSA) is 120 Å². The summed E-state index contributed by atoms with van der Waals surface area (Å²) in [6.07, 6.45) is 4.95. The second-order valence-corrected chi connectivity index (χ2v) is 13.8. The number of Topliss-reactive ketones (excluding diaryl/α,β-unsaturated/α-hetero) is 1. The number of carbonyl (C=O) groups excluding carboxylic acids is 3. The molecule has 1 aromatic carbocycles. The summed E-state index contributed by atoms with van der Waals surface area (Å²) < 4.78 is 18.0. The fourth-order valence-electron chi connectivity index (χ4n) is 6.81. The highest BCUT2D eigenvalue weighted by molar-refractivity contribution is 5.92. The SMILES string of the molecule is CC[C@@H]1[C@@H]2CN(C(=O)[C@H](C(C)(C)C)NC(=O)O[C@]3(C)C[C@H]3CCCCCc3nc4ccc(OC)cc4nc3O2)[C@@H]1C(C)=O. The van der Waals surface area contributed by atoms with E-state index in [0.717, 1.165) is 43.3 Å². The van der Waals surface area contributed by atoms with E-state index in [1.54, 1.807) is 12.0 Å². The molecule has 1 saturated heterocycles. The summed E-state index contributed by atoms with van der Waals surface area (Å²) >= 11 is 0. The molecule has 234 valence electrons. The summed E-state index contributed by atoms with van der Waals surface area (Å²) in [6.45, 7) is 11.4. The van der Waals surface area contributed by atoms with Crippen molar-refractivity contribution in [3.63, 3.8) is 0 Å². The van der Waals surface area contributed by atoms with Gasteiger partial charge in [0.05, 0.1) is 30.7 Å². The largest absolute Gasteiger partial charge is 0.497 e. The van der Waals surface area contributed by atoms with E-state index in [2.05, 4.69) is 5.32 Å². The molecular formula is C33H46N4O6. The molecule has 2 bridgehead atoms. The Labute approximate surface area is 254 Å². The molecular weight excluding hydrogens is 548 g/mol. The van der Waals surface area contributed by atoms with E-state index < -0.39 is 35.3 Å². The Kier molecular flexibility index (Phi) is 8.60. The van der Waals surface area contributed by atoms with Crippen molar-refractivity contribution >= 4 is 28.8 Å². The number of nitrogens with one attached hydrogen (secondary N) is 1. The Morgan fingerprint density at radius 3 is 2.60 bits per heavy atom. The molecule has 1 saturated carbocycles. The normalized spacial score (nSPS) is 30.2. The van der Waals surface area contributed by atoms with Crippen molar-refractivity contribution < 1.29 is 28.6 Å².